The summed E-state index contributed by atoms with van der Waals surface area (Å²) >= 11 is 0. The van der Waals surface area contributed by atoms with Gasteiger partial charge in [-0.1, -0.05) is 0 Å². The fourth-order valence-corrected chi connectivity index (χ4v) is 2.45. The Balaban J connectivity index is 2.05. The van der Waals surface area contributed by atoms with Gasteiger partial charge in [0.15, 0.2) is 0 Å². The number of amides is 1. The zero-order valence-corrected chi connectivity index (χ0v) is 12.1. The molecule has 1 heterocycles. The molecule has 1 aliphatic rings. The Hall–Kier alpha value is -1.75. The van der Waals surface area contributed by atoms with E-state index in [1.807, 2.05) is 13.8 Å². The van der Waals surface area contributed by atoms with Gasteiger partial charge in [0.1, 0.15) is 11.5 Å². The number of hydrogen-bond acceptors (Lipinski definition) is 4. The Kier molecular flexibility index (Phi) is 4.18. The van der Waals surface area contributed by atoms with Gasteiger partial charge in [0.05, 0.1) is 18.3 Å². The van der Waals surface area contributed by atoms with Crippen LogP contribution >= 0.6 is 0 Å². The highest BCUT2D eigenvalue weighted by Gasteiger charge is 2.30. The van der Waals surface area contributed by atoms with Crippen molar-refractivity contribution in [2.24, 2.45) is 0 Å². The average Bonchev–Trinajstić information content (AvgIpc) is 2.37. The van der Waals surface area contributed by atoms with Crippen LogP contribution in [0.25, 0.3) is 0 Å². The number of phenolic OH excluding ortho intramolecular Hbond substituents is 1. The summed E-state index contributed by atoms with van der Waals surface area (Å²) < 4.78 is 10.6. The third-order valence-corrected chi connectivity index (χ3v) is 3.48. The molecule has 0 bridgehead atoms. The number of methoxy groups -OCH3 is 1. The first-order chi connectivity index (χ1) is 9.41. The molecule has 0 saturated carbocycles. The normalized spacial score (nSPS) is 21.2. The van der Waals surface area contributed by atoms with Crippen LogP contribution in [0, 0.1) is 0 Å². The molecule has 0 aromatic heterocycles. The number of hydrogen-bond donors (Lipinski definition) is 2. The highest BCUT2D eigenvalue weighted by atomic mass is 16.5. The van der Waals surface area contributed by atoms with Gasteiger partial charge in [0, 0.05) is 18.7 Å². The summed E-state index contributed by atoms with van der Waals surface area (Å²) in [6.07, 6.45) is 1.54. The summed E-state index contributed by atoms with van der Waals surface area (Å²) in [5.41, 5.74) is 0.0353. The molecule has 1 unspecified atom stereocenters. The predicted molar refractivity (Wildman–Crippen MR) is 75.2 cm³/mol. The summed E-state index contributed by atoms with van der Waals surface area (Å²) in [4.78, 5) is 12.2. The molecule has 110 valence electrons. The maximum Gasteiger partial charge on any atom is 0.255 e. The van der Waals surface area contributed by atoms with Gasteiger partial charge in [-0.05, 0) is 38.8 Å². The van der Waals surface area contributed by atoms with E-state index in [1.54, 1.807) is 12.1 Å². The minimum Gasteiger partial charge on any atom is -0.507 e. The smallest absolute Gasteiger partial charge is 0.255 e. The average molecular weight is 279 g/mol. The molecule has 1 atom stereocenters. The molecule has 0 spiro atoms. The molecule has 0 radical (unpaired) electrons. The van der Waals surface area contributed by atoms with Crippen molar-refractivity contribution < 1.29 is 19.4 Å². The summed E-state index contributed by atoms with van der Waals surface area (Å²) in [5, 5.41) is 12.8. The molecule has 20 heavy (non-hydrogen) atoms. The van der Waals surface area contributed by atoms with Crippen LogP contribution in [0.2, 0.25) is 0 Å². The van der Waals surface area contributed by atoms with Crippen LogP contribution in [0.15, 0.2) is 18.2 Å². The van der Waals surface area contributed by atoms with Gasteiger partial charge < -0.3 is 19.9 Å². The van der Waals surface area contributed by atoms with Crippen molar-refractivity contribution in [3.05, 3.63) is 23.8 Å². The maximum absolute atomic E-state index is 12.2. The standard InChI is InChI=1S/C15H21NO4/c1-15(2)9-10(6-7-20-15)16-14(18)12-5-4-11(19-3)8-13(12)17/h4-5,8,10,17H,6-7,9H2,1-3H3,(H,16,18). The van der Waals surface area contributed by atoms with Crippen molar-refractivity contribution in [3.8, 4) is 11.5 Å². The third-order valence-electron chi connectivity index (χ3n) is 3.48. The molecular formula is C15H21NO4. The van der Waals surface area contributed by atoms with Gasteiger partial charge in [0.25, 0.3) is 5.91 Å². The quantitative estimate of drug-likeness (QED) is 0.889. The highest BCUT2D eigenvalue weighted by molar-refractivity contribution is 5.97. The van der Waals surface area contributed by atoms with Gasteiger partial charge in [-0.3, -0.25) is 4.79 Å². The molecule has 0 aliphatic carbocycles. The van der Waals surface area contributed by atoms with Crippen LogP contribution in [0.1, 0.15) is 37.0 Å². The minimum atomic E-state index is -0.271. The number of phenols is 1. The molecule has 5 heteroatoms. The largest absolute Gasteiger partial charge is 0.507 e. The lowest BCUT2D eigenvalue weighted by molar-refractivity contribution is -0.0615. The number of ether oxygens (including phenoxy) is 2. The molecule has 2 rings (SSSR count). The summed E-state index contributed by atoms with van der Waals surface area (Å²) in [5.74, 6) is 0.173. The lowest BCUT2D eigenvalue weighted by atomic mass is 9.93. The fourth-order valence-electron chi connectivity index (χ4n) is 2.45. The monoisotopic (exact) mass is 279 g/mol. The Labute approximate surface area is 118 Å². The van der Waals surface area contributed by atoms with E-state index in [0.29, 0.717) is 12.4 Å². The van der Waals surface area contributed by atoms with Crippen molar-refractivity contribution in [1.29, 1.82) is 0 Å². The van der Waals surface area contributed by atoms with Gasteiger partial charge in [-0.25, -0.2) is 0 Å². The number of nitrogens with one attached hydrogen (secondary N) is 1. The Bertz CT molecular complexity index is 499. The first kappa shape index (κ1) is 14.7. The maximum atomic E-state index is 12.2. The van der Waals surface area contributed by atoms with E-state index >= 15 is 0 Å². The number of carbonyl (C=O) groups excluding carboxylic acids is 1. The highest BCUT2D eigenvalue weighted by Crippen LogP contribution is 2.26. The number of rotatable bonds is 3. The molecule has 1 aromatic rings. The van der Waals surface area contributed by atoms with Crippen molar-refractivity contribution in [1.82, 2.24) is 5.32 Å². The van der Waals surface area contributed by atoms with Crippen LogP contribution in [0.5, 0.6) is 11.5 Å². The van der Waals surface area contributed by atoms with Gasteiger partial charge in [0.2, 0.25) is 0 Å². The second-order valence-corrected chi connectivity index (χ2v) is 5.65. The lowest BCUT2D eigenvalue weighted by Gasteiger charge is -2.35. The van der Waals surface area contributed by atoms with Crippen molar-refractivity contribution in [2.45, 2.75) is 38.3 Å². The summed E-state index contributed by atoms with van der Waals surface area (Å²) in [6.45, 7) is 4.65. The van der Waals surface area contributed by atoms with E-state index in [1.165, 1.54) is 13.2 Å². The molecule has 1 amide bonds. The van der Waals surface area contributed by atoms with E-state index in [4.69, 9.17) is 9.47 Å². The third kappa shape index (κ3) is 3.42. The first-order valence-corrected chi connectivity index (χ1v) is 6.73. The molecular weight excluding hydrogens is 258 g/mol. The predicted octanol–water partition coefficient (Wildman–Crippen LogP) is 2.09. The zero-order valence-electron chi connectivity index (χ0n) is 12.1. The Morgan fingerprint density at radius 1 is 1.50 bits per heavy atom. The van der Waals surface area contributed by atoms with E-state index in [9.17, 15) is 9.90 Å². The SMILES string of the molecule is COc1ccc(C(=O)NC2CCOC(C)(C)C2)c(O)c1. The zero-order chi connectivity index (χ0) is 14.8. The number of benzene rings is 1. The molecule has 1 saturated heterocycles. The second-order valence-electron chi connectivity index (χ2n) is 5.65. The van der Waals surface area contributed by atoms with E-state index < -0.39 is 0 Å². The molecule has 1 fully saturated rings. The Morgan fingerprint density at radius 3 is 2.85 bits per heavy atom. The molecule has 1 aromatic carbocycles. The van der Waals surface area contributed by atoms with Crippen LogP contribution in [0.3, 0.4) is 0 Å². The van der Waals surface area contributed by atoms with Crippen LogP contribution in [-0.4, -0.2) is 36.4 Å². The van der Waals surface area contributed by atoms with Crippen molar-refractivity contribution in [2.75, 3.05) is 13.7 Å². The lowest BCUT2D eigenvalue weighted by Crippen LogP contribution is -2.45. The Morgan fingerprint density at radius 2 is 2.25 bits per heavy atom. The second kappa shape index (κ2) is 5.71. The van der Waals surface area contributed by atoms with E-state index in [0.717, 1.165) is 12.8 Å². The van der Waals surface area contributed by atoms with Gasteiger partial charge in [-0.2, -0.15) is 0 Å². The van der Waals surface area contributed by atoms with E-state index in [2.05, 4.69) is 5.32 Å². The minimum absolute atomic E-state index is 0.0627. The first-order valence-electron chi connectivity index (χ1n) is 6.73. The van der Waals surface area contributed by atoms with E-state index in [-0.39, 0.29) is 28.9 Å². The molecule has 2 N–H and O–H groups in total. The molecule has 1 aliphatic heterocycles. The molecule has 5 nitrogen and oxygen atoms in total. The van der Waals surface area contributed by atoms with Crippen molar-refractivity contribution in [3.63, 3.8) is 0 Å². The van der Waals surface area contributed by atoms with Crippen molar-refractivity contribution >= 4 is 5.91 Å². The van der Waals surface area contributed by atoms with Gasteiger partial charge >= 0.3 is 0 Å². The summed E-state index contributed by atoms with van der Waals surface area (Å²) in [7, 11) is 1.51. The van der Waals surface area contributed by atoms with Crippen LogP contribution < -0.4 is 10.1 Å². The van der Waals surface area contributed by atoms with Crippen LogP contribution in [-0.2, 0) is 4.74 Å². The van der Waals surface area contributed by atoms with Crippen LogP contribution in [0.4, 0.5) is 0 Å². The number of carbonyl (C=O) groups is 1. The summed E-state index contributed by atoms with van der Waals surface area (Å²) in [6, 6.07) is 4.71. The fraction of sp³-hybridized carbons (Fsp3) is 0.533. The number of aromatic hydroxyl groups is 1. The topological polar surface area (TPSA) is 67.8 Å². The van der Waals surface area contributed by atoms with Gasteiger partial charge in [-0.15, -0.1) is 0 Å².